The Hall–Kier alpha value is -1.67. The van der Waals surface area contributed by atoms with Gasteiger partial charge in [-0.05, 0) is 30.0 Å². The average Bonchev–Trinajstić information content (AvgIpc) is 2.67. The third-order valence-corrected chi connectivity index (χ3v) is 5.21. The SMILES string of the molecule is COc1ccc(-c2cc3c(OC)cc(OC)cc3[n+](C)c2SC)cc1.[I-]. The Bertz CT molecular complexity index is 913. The predicted molar refractivity (Wildman–Crippen MR) is 102 cm³/mol. The van der Waals surface area contributed by atoms with Crippen molar-refractivity contribution < 1.29 is 42.8 Å². The molecule has 0 aliphatic heterocycles. The number of fused-ring (bicyclic) bond motifs is 1. The molecular weight excluding hydrogens is 461 g/mol. The van der Waals surface area contributed by atoms with Gasteiger partial charge in [0, 0.05) is 6.07 Å². The first-order valence-corrected chi connectivity index (χ1v) is 9.12. The van der Waals surface area contributed by atoms with Crippen LogP contribution in [0.1, 0.15) is 0 Å². The minimum atomic E-state index is 0. The standard InChI is InChI=1S/C20H22NO3S.HI/c1-21-18-10-15(23-3)11-19(24-4)17(18)12-16(20(21)25-5)13-6-8-14(22-2)9-7-13;/h6-12H,1-5H3;1H/q+1;/p-1. The Morgan fingerprint density at radius 3 is 2.04 bits per heavy atom. The Labute approximate surface area is 175 Å². The van der Waals surface area contributed by atoms with Crippen LogP contribution in [-0.2, 0) is 7.05 Å². The molecule has 0 aliphatic rings. The molecule has 138 valence electrons. The van der Waals surface area contributed by atoms with Crippen LogP contribution in [0.25, 0.3) is 22.0 Å². The van der Waals surface area contributed by atoms with Gasteiger partial charge in [-0.25, -0.2) is 0 Å². The van der Waals surface area contributed by atoms with Crippen LogP contribution in [0.4, 0.5) is 0 Å². The van der Waals surface area contributed by atoms with Crippen LogP contribution in [0.15, 0.2) is 47.5 Å². The van der Waals surface area contributed by atoms with Gasteiger partial charge in [-0.15, -0.1) is 0 Å². The maximum atomic E-state index is 5.61. The molecule has 0 spiro atoms. The molecule has 3 aromatic rings. The Kier molecular flexibility index (Phi) is 7.00. The van der Waals surface area contributed by atoms with E-state index >= 15 is 0 Å². The summed E-state index contributed by atoms with van der Waals surface area (Å²) in [5.41, 5.74) is 3.37. The molecule has 0 atom stereocenters. The first-order chi connectivity index (χ1) is 12.1. The molecule has 0 unspecified atom stereocenters. The summed E-state index contributed by atoms with van der Waals surface area (Å²) in [5.74, 6) is 2.43. The van der Waals surface area contributed by atoms with E-state index in [1.54, 1.807) is 33.1 Å². The van der Waals surface area contributed by atoms with E-state index in [4.69, 9.17) is 14.2 Å². The lowest BCUT2D eigenvalue weighted by atomic mass is 10.0. The average molecular weight is 483 g/mol. The zero-order valence-electron chi connectivity index (χ0n) is 15.5. The zero-order valence-corrected chi connectivity index (χ0v) is 18.5. The van der Waals surface area contributed by atoms with E-state index in [0.29, 0.717) is 0 Å². The highest BCUT2D eigenvalue weighted by Gasteiger charge is 2.22. The summed E-state index contributed by atoms with van der Waals surface area (Å²) in [6, 6.07) is 14.3. The Morgan fingerprint density at radius 1 is 0.846 bits per heavy atom. The fraction of sp³-hybridized carbons (Fsp3) is 0.250. The molecule has 0 saturated carbocycles. The number of hydrogen-bond donors (Lipinski definition) is 0. The van der Waals surface area contributed by atoms with Crippen molar-refractivity contribution in [3.63, 3.8) is 0 Å². The van der Waals surface area contributed by atoms with Crippen LogP contribution in [0, 0.1) is 0 Å². The molecule has 0 N–H and O–H groups in total. The van der Waals surface area contributed by atoms with Crippen molar-refractivity contribution >= 4 is 22.7 Å². The Morgan fingerprint density at radius 2 is 1.50 bits per heavy atom. The molecule has 1 heterocycles. The zero-order chi connectivity index (χ0) is 18.0. The van der Waals surface area contributed by atoms with Crippen LogP contribution in [0.3, 0.4) is 0 Å². The Balaban J connectivity index is 0.00000243. The van der Waals surface area contributed by atoms with Crippen molar-refractivity contribution in [1.82, 2.24) is 0 Å². The second-order valence-electron chi connectivity index (χ2n) is 5.62. The largest absolute Gasteiger partial charge is 1.00 e. The molecule has 0 saturated heterocycles. The molecule has 26 heavy (non-hydrogen) atoms. The number of halogens is 1. The van der Waals surface area contributed by atoms with Gasteiger partial charge in [-0.2, -0.15) is 4.57 Å². The van der Waals surface area contributed by atoms with Crippen molar-refractivity contribution in [1.29, 1.82) is 0 Å². The van der Waals surface area contributed by atoms with Gasteiger partial charge in [0.25, 0.3) is 0 Å². The molecule has 6 heteroatoms. The summed E-state index contributed by atoms with van der Waals surface area (Å²) in [6.07, 6.45) is 2.09. The number of ether oxygens (including phenoxy) is 3. The molecule has 0 aliphatic carbocycles. The molecular formula is C20H22INO3S. The lowest BCUT2D eigenvalue weighted by molar-refractivity contribution is -0.682. The lowest BCUT2D eigenvalue weighted by Gasteiger charge is -2.12. The van der Waals surface area contributed by atoms with E-state index in [9.17, 15) is 0 Å². The van der Waals surface area contributed by atoms with E-state index in [0.717, 1.165) is 39.3 Å². The van der Waals surface area contributed by atoms with Crippen LogP contribution >= 0.6 is 11.8 Å². The molecule has 0 radical (unpaired) electrons. The van der Waals surface area contributed by atoms with Gasteiger partial charge < -0.3 is 38.2 Å². The van der Waals surface area contributed by atoms with Crippen molar-refractivity contribution in [2.75, 3.05) is 27.6 Å². The molecule has 3 rings (SSSR count). The predicted octanol–water partition coefficient (Wildman–Crippen LogP) is 1.08. The van der Waals surface area contributed by atoms with E-state index in [-0.39, 0.29) is 24.0 Å². The van der Waals surface area contributed by atoms with Gasteiger partial charge in [0.2, 0.25) is 10.5 Å². The summed E-state index contributed by atoms with van der Waals surface area (Å²) in [6.45, 7) is 0. The molecule has 4 nitrogen and oxygen atoms in total. The summed E-state index contributed by atoms with van der Waals surface area (Å²) in [5, 5.41) is 2.22. The van der Waals surface area contributed by atoms with Gasteiger partial charge in [0.15, 0.2) is 0 Å². The van der Waals surface area contributed by atoms with Crippen LogP contribution in [-0.4, -0.2) is 27.6 Å². The molecule has 1 aromatic heterocycles. The molecule has 0 amide bonds. The summed E-state index contributed by atoms with van der Waals surface area (Å²) in [7, 11) is 7.10. The van der Waals surface area contributed by atoms with Gasteiger partial charge in [-0.3, -0.25) is 0 Å². The van der Waals surface area contributed by atoms with Crippen LogP contribution in [0.2, 0.25) is 0 Å². The normalized spacial score (nSPS) is 10.3. The maximum Gasteiger partial charge on any atom is 0.247 e. The fourth-order valence-corrected chi connectivity index (χ4v) is 3.79. The van der Waals surface area contributed by atoms with Crippen molar-refractivity contribution in [2.24, 2.45) is 7.05 Å². The minimum absolute atomic E-state index is 0. The number of methoxy groups -OCH3 is 3. The van der Waals surface area contributed by atoms with Crippen molar-refractivity contribution in [2.45, 2.75) is 5.03 Å². The third-order valence-electron chi connectivity index (χ3n) is 4.33. The van der Waals surface area contributed by atoms with Crippen LogP contribution in [0.5, 0.6) is 17.2 Å². The molecule has 2 aromatic carbocycles. The van der Waals surface area contributed by atoms with Crippen molar-refractivity contribution in [3.05, 3.63) is 42.5 Å². The number of aromatic nitrogens is 1. The topological polar surface area (TPSA) is 31.6 Å². The van der Waals surface area contributed by atoms with E-state index in [1.807, 2.05) is 24.3 Å². The van der Waals surface area contributed by atoms with Gasteiger partial charge in [0.1, 0.15) is 24.3 Å². The molecule has 0 bridgehead atoms. The number of rotatable bonds is 5. The highest BCUT2D eigenvalue weighted by Crippen LogP contribution is 2.36. The monoisotopic (exact) mass is 483 g/mol. The number of nitrogens with zero attached hydrogens (tertiary/aromatic N) is 1. The highest BCUT2D eigenvalue weighted by molar-refractivity contribution is 7.98. The first-order valence-electron chi connectivity index (χ1n) is 7.90. The number of thioether (sulfide) groups is 1. The summed E-state index contributed by atoms with van der Waals surface area (Å²) >= 11 is 1.72. The highest BCUT2D eigenvalue weighted by atomic mass is 127. The second kappa shape index (κ2) is 8.81. The van der Waals surface area contributed by atoms with Gasteiger partial charge in [-0.1, -0.05) is 23.9 Å². The van der Waals surface area contributed by atoms with E-state index in [1.165, 1.54) is 5.03 Å². The number of hydrogen-bond acceptors (Lipinski definition) is 4. The summed E-state index contributed by atoms with van der Waals surface area (Å²) < 4.78 is 18.5. The minimum Gasteiger partial charge on any atom is -1.00 e. The van der Waals surface area contributed by atoms with Gasteiger partial charge >= 0.3 is 0 Å². The smallest absolute Gasteiger partial charge is 0.247 e. The maximum absolute atomic E-state index is 5.61. The first kappa shape index (κ1) is 20.6. The van der Waals surface area contributed by atoms with Crippen molar-refractivity contribution in [3.8, 4) is 28.4 Å². The van der Waals surface area contributed by atoms with Crippen LogP contribution < -0.4 is 42.8 Å². The van der Waals surface area contributed by atoms with Gasteiger partial charge in [0.05, 0.1) is 38.3 Å². The second-order valence-corrected chi connectivity index (χ2v) is 6.41. The quantitative estimate of drug-likeness (QED) is 0.309. The lowest BCUT2D eigenvalue weighted by Crippen LogP contribution is -3.00. The third kappa shape index (κ3) is 3.71. The van der Waals surface area contributed by atoms with E-state index < -0.39 is 0 Å². The summed E-state index contributed by atoms with van der Waals surface area (Å²) in [4.78, 5) is 0. The number of pyridine rings is 1. The number of benzene rings is 2. The number of aryl methyl sites for hydroxylation is 1. The van der Waals surface area contributed by atoms with E-state index in [2.05, 4.69) is 36.1 Å². The molecule has 0 fully saturated rings. The fourth-order valence-electron chi connectivity index (χ4n) is 3.02.